The summed E-state index contributed by atoms with van der Waals surface area (Å²) in [5, 5.41) is 8.98. The summed E-state index contributed by atoms with van der Waals surface area (Å²) in [7, 11) is -2.11. The van der Waals surface area contributed by atoms with Crippen LogP contribution in [0.15, 0.2) is 10.3 Å². The van der Waals surface area contributed by atoms with Crippen LogP contribution in [-0.2, 0) is 10.0 Å². The smallest absolute Gasteiger partial charge is 0.346 e. The Balaban J connectivity index is 3.21. The predicted octanol–water partition coefficient (Wildman–Crippen LogP) is 2.42. The zero-order valence-corrected chi connectivity index (χ0v) is 13.3. The number of carboxylic acids is 1. The molecule has 0 fully saturated rings. The van der Waals surface area contributed by atoms with Crippen LogP contribution in [0.4, 0.5) is 0 Å². The van der Waals surface area contributed by atoms with Crippen LogP contribution in [0.25, 0.3) is 0 Å². The van der Waals surface area contributed by atoms with Crippen molar-refractivity contribution in [1.29, 1.82) is 0 Å². The lowest BCUT2D eigenvalue weighted by Gasteiger charge is -2.26. The molecule has 1 aromatic rings. The predicted molar refractivity (Wildman–Crippen MR) is 75.3 cm³/mol. The summed E-state index contributed by atoms with van der Waals surface area (Å²) in [6.45, 7) is 7.32. The maximum Gasteiger partial charge on any atom is 0.346 e. The Labute approximate surface area is 117 Å². The SMILES string of the molecule is Cc1cc(S(=O)(=O)N(C)C(C)C(C)C)sc1C(=O)O. The number of sulfonamides is 1. The van der Waals surface area contributed by atoms with Crippen LogP contribution in [0.3, 0.4) is 0 Å². The number of nitrogens with zero attached hydrogens (tertiary/aromatic N) is 1. The molecular weight excluding hydrogens is 286 g/mol. The summed E-state index contributed by atoms with van der Waals surface area (Å²) in [5.74, 6) is -0.914. The molecule has 1 aromatic heterocycles. The van der Waals surface area contributed by atoms with E-state index in [4.69, 9.17) is 5.11 Å². The third-order valence-corrected chi connectivity index (χ3v) is 6.88. The molecule has 0 amide bonds. The maximum absolute atomic E-state index is 12.4. The number of thiophene rings is 1. The Morgan fingerprint density at radius 2 is 1.89 bits per heavy atom. The van der Waals surface area contributed by atoms with Crippen molar-refractivity contribution in [3.8, 4) is 0 Å². The Morgan fingerprint density at radius 1 is 1.37 bits per heavy atom. The lowest BCUT2D eigenvalue weighted by molar-refractivity contribution is 0.0701. The average Bonchev–Trinajstić information content (AvgIpc) is 2.69. The number of carbonyl (C=O) groups is 1. The molecule has 0 aromatic carbocycles. The van der Waals surface area contributed by atoms with Gasteiger partial charge < -0.3 is 5.11 Å². The van der Waals surface area contributed by atoms with Gasteiger partial charge >= 0.3 is 5.97 Å². The number of hydrogen-bond acceptors (Lipinski definition) is 4. The van der Waals surface area contributed by atoms with Crippen molar-refractivity contribution >= 4 is 27.3 Å². The Kier molecular flexibility index (Phi) is 4.76. The zero-order valence-electron chi connectivity index (χ0n) is 11.7. The fraction of sp³-hybridized carbons (Fsp3) is 0.583. The van der Waals surface area contributed by atoms with Gasteiger partial charge in [0, 0.05) is 13.1 Å². The molecule has 0 bridgehead atoms. The first-order valence-electron chi connectivity index (χ1n) is 5.90. The van der Waals surface area contributed by atoms with Gasteiger partial charge in [0.2, 0.25) is 0 Å². The lowest BCUT2D eigenvalue weighted by Crippen LogP contribution is -2.37. The van der Waals surface area contributed by atoms with Crippen LogP contribution >= 0.6 is 11.3 Å². The third-order valence-electron chi connectivity index (χ3n) is 3.26. The highest BCUT2D eigenvalue weighted by Crippen LogP contribution is 2.29. The molecular formula is C12H19NO4S2. The Bertz CT molecular complexity index is 575. The molecule has 0 aliphatic rings. The normalized spacial score (nSPS) is 14.1. The van der Waals surface area contributed by atoms with E-state index in [-0.39, 0.29) is 21.0 Å². The van der Waals surface area contributed by atoms with E-state index in [1.165, 1.54) is 17.4 Å². The fourth-order valence-electron chi connectivity index (χ4n) is 1.57. The minimum atomic E-state index is -3.63. The molecule has 0 radical (unpaired) electrons. The van der Waals surface area contributed by atoms with E-state index < -0.39 is 16.0 Å². The number of hydrogen-bond donors (Lipinski definition) is 1. The number of aromatic carboxylic acids is 1. The molecule has 1 rings (SSSR count). The summed E-state index contributed by atoms with van der Waals surface area (Å²) in [6.07, 6.45) is 0. The molecule has 0 spiro atoms. The van der Waals surface area contributed by atoms with Gasteiger partial charge in [0.15, 0.2) is 0 Å². The highest BCUT2D eigenvalue weighted by Gasteiger charge is 2.29. The topological polar surface area (TPSA) is 74.7 Å². The third kappa shape index (κ3) is 3.16. The van der Waals surface area contributed by atoms with E-state index in [2.05, 4.69) is 0 Å². The maximum atomic E-state index is 12.4. The summed E-state index contributed by atoms with van der Waals surface area (Å²) in [5.41, 5.74) is 0.474. The number of aryl methyl sites for hydroxylation is 1. The summed E-state index contributed by atoms with van der Waals surface area (Å²) in [4.78, 5) is 11.0. The zero-order chi connectivity index (χ0) is 15.0. The van der Waals surface area contributed by atoms with Crippen LogP contribution in [0.1, 0.15) is 36.0 Å². The molecule has 5 nitrogen and oxygen atoms in total. The molecule has 1 N–H and O–H groups in total. The van der Waals surface area contributed by atoms with Crippen molar-refractivity contribution in [1.82, 2.24) is 4.31 Å². The first-order valence-corrected chi connectivity index (χ1v) is 8.16. The minimum Gasteiger partial charge on any atom is -0.477 e. The van der Waals surface area contributed by atoms with E-state index in [1.54, 1.807) is 6.92 Å². The summed E-state index contributed by atoms with van der Waals surface area (Å²) >= 11 is 0.803. The largest absolute Gasteiger partial charge is 0.477 e. The van der Waals surface area contributed by atoms with Crippen molar-refractivity contribution in [3.63, 3.8) is 0 Å². The van der Waals surface area contributed by atoms with Gasteiger partial charge in [-0.2, -0.15) is 4.31 Å². The molecule has 19 heavy (non-hydrogen) atoms. The monoisotopic (exact) mass is 305 g/mol. The molecule has 108 valence electrons. The van der Waals surface area contributed by atoms with Crippen molar-refractivity contribution < 1.29 is 18.3 Å². The second-order valence-electron chi connectivity index (χ2n) is 4.89. The second-order valence-corrected chi connectivity index (χ2v) is 8.17. The van der Waals surface area contributed by atoms with E-state index in [9.17, 15) is 13.2 Å². The van der Waals surface area contributed by atoms with E-state index >= 15 is 0 Å². The average molecular weight is 305 g/mol. The van der Waals surface area contributed by atoms with Crippen molar-refractivity contribution in [2.75, 3.05) is 7.05 Å². The van der Waals surface area contributed by atoms with E-state index in [0.29, 0.717) is 5.56 Å². The van der Waals surface area contributed by atoms with Gasteiger partial charge in [-0.1, -0.05) is 13.8 Å². The first kappa shape index (κ1) is 16.1. The molecule has 1 heterocycles. The van der Waals surface area contributed by atoms with Gasteiger partial charge in [-0.05, 0) is 31.4 Å². The van der Waals surface area contributed by atoms with Crippen molar-refractivity contribution in [3.05, 3.63) is 16.5 Å². The molecule has 1 unspecified atom stereocenters. The molecule has 1 atom stereocenters. The Hall–Kier alpha value is -0.920. The molecule has 0 saturated heterocycles. The van der Waals surface area contributed by atoms with Crippen LogP contribution < -0.4 is 0 Å². The molecule has 0 aliphatic carbocycles. The Morgan fingerprint density at radius 3 is 2.26 bits per heavy atom. The first-order chi connectivity index (χ1) is 8.59. The van der Waals surface area contributed by atoms with Crippen molar-refractivity contribution in [2.24, 2.45) is 5.92 Å². The van der Waals surface area contributed by atoms with Crippen LogP contribution in [0.2, 0.25) is 0 Å². The van der Waals surface area contributed by atoms with Crippen LogP contribution in [0.5, 0.6) is 0 Å². The molecule has 0 aliphatic heterocycles. The van der Waals surface area contributed by atoms with Crippen LogP contribution in [-0.4, -0.2) is 36.9 Å². The second kappa shape index (κ2) is 5.60. The van der Waals surface area contributed by atoms with Gasteiger partial charge in [-0.15, -0.1) is 11.3 Å². The summed E-state index contributed by atoms with van der Waals surface area (Å²) < 4.78 is 26.2. The fourth-order valence-corrected chi connectivity index (χ4v) is 4.63. The lowest BCUT2D eigenvalue weighted by atomic mass is 10.1. The minimum absolute atomic E-state index is 0.0733. The van der Waals surface area contributed by atoms with E-state index in [0.717, 1.165) is 11.3 Å². The van der Waals surface area contributed by atoms with Gasteiger partial charge in [-0.25, -0.2) is 13.2 Å². The van der Waals surface area contributed by atoms with E-state index in [1.807, 2.05) is 20.8 Å². The van der Waals surface area contributed by atoms with Crippen LogP contribution in [0, 0.1) is 12.8 Å². The number of carboxylic acid groups (broad SMARTS) is 1. The number of rotatable bonds is 5. The van der Waals surface area contributed by atoms with Crippen molar-refractivity contribution in [2.45, 2.75) is 37.9 Å². The van der Waals surface area contributed by atoms with Gasteiger partial charge in [0.05, 0.1) is 0 Å². The van der Waals surface area contributed by atoms with Gasteiger partial charge in [0.25, 0.3) is 10.0 Å². The highest BCUT2D eigenvalue weighted by atomic mass is 32.2. The van der Waals surface area contributed by atoms with Gasteiger partial charge in [-0.3, -0.25) is 0 Å². The standard InChI is InChI=1S/C12H19NO4S2/c1-7(2)9(4)13(5)19(16,17)10-6-8(3)11(18-10)12(14)15/h6-7,9H,1-5H3,(H,14,15). The molecule has 0 saturated carbocycles. The highest BCUT2D eigenvalue weighted by molar-refractivity contribution is 7.91. The molecule has 7 heteroatoms. The summed E-state index contributed by atoms with van der Waals surface area (Å²) in [6, 6.07) is 1.27. The quantitative estimate of drug-likeness (QED) is 0.906. The van der Waals surface area contributed by atoms with Gasteiger partial charge in [0.1, 0.15) is 9.09 Å².